The summed E-state index contributed by atoms with van der Waals surface area (Å²) in [5.41, 5.74) is 0. The van der Waals surface area contributed by atoms with Crippen molar-refractivity contribution >= 4 is 42.0 Å². The van der Waals surface area contributed by atoms with E-state index in [2.05, 4.69) is 10.1 Å². The summed E-state index contributed by atoms with van der Waals surface area (Å²) in [5, 5.41) is 2.70. The van der Waals surface area contributed by atoms with Gasteiger partial charge in [-0.3, -0.25) is 0 Å². The molecule has 19 heteroatoms. The molecule has 1 amide bonds. The highest BCUT2D eigenvalue weighted by molar-refractivity contribution is 6.82. The van der Waals surface area contributed by atoms with Crippen LogP contribution in [0.5, 0.6) is 0 Å². The highest BCUT2D eigenvalue weighted by Gasteiger charge is 2.67. The van der Waals surface area contributed by atoms with Gasteiger partial charge in [0.05, 0.1) is 7.11 Å². The normalized spacial score (nSPS) is 12.9. The molecular weight excluding hydrogens is 663 g/mol. The van der Waals surface area contributed by atoms with E-state index in [9.17, 15) is 4.79 Å². The number of carbonyl (C=O) groups excluding carboxylic acids is 1. The third-order valence-electron chi connectivity index (χ3n) is 5.60. The number of carbonyl (C=O) groups is 1. The number of unbranched alkanes of at least 4 members (excludes halogenated alkanes) is 3. The molecule has 0 bridgehead atoms. The molecule has 0 radical (unpaired) electrons. The molecule has 0 aliphatic heterocycles. The van der Waals surface area contributed by atoms with Crippen LogP contribution in [0.25, 0.3) is 0 Å². The summed E-state index contributed by atoms with van der Waals surface area (Å²) in [6.07, 6.45) is 2.42. The van der Waals surface area contributed by atoms with Crippen molar-refractivity contribution in [2.45, 2.75) is 94.0 Å². The monoisotopic (exact) mass is 723 g/mol. The summed E-state index contributed by atoms with van der Waals surface area (Å²) in [6.45, 7) is 19.2. The standard InChI is InChI=1S/C26H61NO14Si4/c1-11-30-43(31-12-2,32-13-3)39-42(25-23-21-20-22-24-27-26(28)29-10,40-44(33-14-4,34-15-5)35-16-6)41-45(36-17-7,37-18-8)38-19-9/h11-25H2,1-10H3,(H,27,28). The molecule has 0 spiro atoms. The Morgan fingerprint density at radius 2 is 0.756 bits per heavy atom. The largest absolute Gasteiger partial charge is 0.672 e. The zero-order valence-electron chi connectivity index (χ0n) is 29.3. The Bertz CT molecular complexity index is 625. The lowest BCUT2D eigenvalue weighted by Crippen LogP contribution is -2.70. The first-order chi connectivity index (χ1) is 21.6. The van der Waals surface area contributed by atoms with Gasteiger partial charge in [0.1, 0.15) is 0 Å². The van der Waals surface area contributed by atoms with Crippen molar-refractivity contribution in [3.63, 3.8) is 0 Å². The Balaban J connectivity index is 7.07. The van der Waals surface area contributed by atoms with Crippen LogP contribution >= 0.6 is 0 Å². The lowest BCUT2D eigenvalue weighted by molar-refractivity contribution is -0.0546. The highest BCUT2D eigenvalue weighted by Crippen LogP contribution is 2.34. The molecule has 270 valence electrons. The second kappa shape index (κ2) is 25.6. The summed E-state index contributed by atoms with van der Waals surface area (Å²) in [4.78, 5) is 11.4. The fourth-order valence-corrected chi connectivity index (χ4v) is 18.3. The van der Waals surface area contributed by atoms with E-state index in [-0.39, 0.29) is 65.5 Å². The summed E-state index contributed by atoms with van der Waals surface area (Å²) in [5.74, 6) is 0. The van der Waals surface area contributed by atoms with Crippen LogP contribution < -0.4 is 5.32 Å². The Morgan fingerprint density at radius 1 is 0.467 bits per heavy atom. The second-order valence-electron chi connectivity index (χ2n) is 8.97. The molecule has 0 fully saturated rings. The van der Waals surface area contributed by atoms with E-state index in [1.165, 1.54) is 7.11 Å². The van der Waals surface area contributed by atoms with E-state index in [1.54, 1.807) is 0 Å². The van der Waals surface area contributed by atoms with Crippen molar-refractivity contribution in [1.29, 1.82) is 0 Å². The maximum atomic E-state index is 11.4. The third kappa shape index (κ3) is 17.1. The predicted octanol–water partition coefficient (Wildman–Crippen LogP) is 4.53. The molecule has 0 heterocycles. The van der Waals surface area contributed by atoms with E-state index >= 15 is 0 Å². The molecule has 0 aliphatic carbocycles. The number of nitrogens with one attached hydrogen (secondary N) is 1. The fourth-order valence-electron chi connectivity index (χ4n) is 4.10. The van der Waals surface area contributed by atoms with Crippen LogP contribution in [0, 0.1) is 0 Å². The smallest absolute Gasteiger partial charge is 0.453 e. The Morgan fingerprint density at radius 3 is 1.02 bits per heavy atom. The molecule has 45 heavy (non-hydrogen) atoms. The van der Waals surface area contributed by atoms with Gasteiger partial charge < -0.3 is 62.2 Å². The fraction of sp³-hybridized carbons (Fsp3) is 0.962. The number of hydrogen-bond acceptors (Lipinski definition) is 14. The molecule has 0 aromatic rings. The van der Waals surface area contributed by atoms with Gasteiger partial charge in [0, 0.05) is 72.1 Å². The van der Waals surface area contributed by atoms with Gasteiger partial charge in [0.2, 0.25) is 0 Å². The first-order valence-electron chi connectivity index (χ1n) is 16.3. The number of hydrogen-bond donors (Lipinski definition) is 1. The Hall–Kier alpha value is -0.342. The Kier molecular flexibility index (Phi) is 25.4. The maximum Gasteiger partial charge on any atom is 0.672 e. The van der Waals surface area contributed by atoms with Crippen LogP contribution in [-0.4, -0.2) is 115 Å². The van der Waals surface area contributed by atoms with Gasteiger partial charge in [-0.2, -0.15) is 0 Å². The van der Waals surface area contributed by atoms with Gasteiger partial charge in [0.25, 0.3) is 0 Å². The SMILES string of the molecule is CCO[Si](OCC)(OCC)O[Si](CCCCCCNC(=O)OC)(O[Si](OCC)(OCC)OCC)O[Si](OCC)(OCC)OCC. The average Bonchev–Trinajstić information content (AvgIpc) is 2.97. The van der Waals surface area contributed by atoms with Crippen LogP contribution in [-0.2, 0) is 56.9 Å². The quantitative estimate of drug-likeness (QED) is 0.0789. The minimum absolute atomic E-state index is 0.250. The average molecular weight is 724 g/mol. The molecule has 0 atom stereocenters. The van der Waals surface area contributed by atoms with E-state index in [1.807, 2.05) is 62.3 Å². The van der Waals surface area contributed by atoms with Crippen molar-refractivity contribution in [2.24, 2.45) is 0 Å². The predicted molar refractivity (Wildman–Crippen MR) is 175 cm³/mol. The van der Waals surface area contributed by atoms with Crippen LogP contribution in [0.15, 0.2) is 0 Å². The van der Waals surface area contributed by atoms with Crippen LogP contribution in [0.1, 0.15) is 88.0 Å². The van der Waals surface area contributed by atoms with Crippen LogP contribution in [0.2, 0.25) is 6.04 Å². The summed E-state index contributed by atoms with van der Waals surface area (Å²) in [7, 11) is -14.5. The summed E-state index contributed by atoms with van der Waals surface area (Å²) >= 11 is 0. The van der Waals surface area contributed by atoms with E-state index in [0.29, 0.717) is 13.0 Å². The number of alkyl carbamates (subject to hydrolysis) is 1. The number of methoxy groups -OCH3 is 1. The number of ether oxygens (including phenoxy) is 1. The van der Waals surface area contributed by atoms with Crippen LogP contribution in [0.3, 0.4) is 0 Å². The minimum Gasteiger partial charge on any atom is -0.453 e. The molecule has 0 saturated heterocycles. The van der Waals surface area contributed by atoms with Crippen molar-refractivity contribution in [2.75, 3.05) is 73.1 Å². The Labute approximate surface area is 275 Å². The lowest BCUT2D eigenvalue weighted by Gasteiger charge is -2.43. The molecule has 0 saturated carbocycles. The second-order valence-corrected chi connectivity index (χ2v) is 18.9. The molecular formula is C26H61NO14Si4. The molecule has 15 nitrogen and oxygen atoms in total. The number of amides is 1. The van der Waals surface area contributed by atoms with E-state index in [4.69, 9.17) is 52.2 Å². The molecule has 0 aromatic carbocycles. The molecule has 0 unspecified atom stereocenters. The van der Waals surface area contributed by atoms with Gasteiger partial charge in [-0.25, -0.2) is 4.79 Å². The summed E-state index contributed by atoms with van der Waals surface area (Å²) < 4.78 is 80.5. The van der Waals surface area contributed by atoms with Crippen molar-refractivity contribution in [1.82, 2.24) is 5.32 Å². The third-order valence-corrected chi connectivity index (χ3v) is 19.1. The van der Waals surface area contributed by atoms with E-state index in [0.717, 1.165) is 19.3 Å². The molecule has 0 rings (SSSR count). The summed E-state index contributed by atoms with van der Waals surface area (Å²) in [6, 6.07) is 0.253. The minimum atomic E-state index is -4.16. The van der Waals surface area contributed by atoms with Crippen molar-refractivity contribution in [3.05, 3.63) is 0 Å². The zero-order chi connectivity index (χ0) is 34.1. The highest BCUT2D eigenvalue weighted by atomic mass is 28.5. The molecule has 1 N–H and O–H groups in total. The zero-order valence-corrected chi connectivity index (χ0v) is 33.3. The molecule has 0 aliphatic rings. The topological polar surface area (TPSA) is 149 Å². The first kappa shape index (κ1) is 44.7. The maximum absolute atomic E-state index is 11.4. The van der Waals surface area contributed by atoms with Crippen molar-refractivity contribution in [3.8, 4) is 0 Å². The molecule has 0 aromatic heterocycles. The van der Waals surface area contributed by atoms with Gasteiger partial charge >= 0.3 is 42.0 Å². The van der Waals surface area contributed by atoms with Crippen molar-refractivity contribution < 1.29 is 61.7 Å². The lowest BCUT2D eigenvalue weighted by atomic mass is 10.2. The van der Waals surface area contributed by atoms with Gasteiger partial charge in [0.15, 0.2) is 0 Å². The van der Waals surface area contributed by atoms with Gasteiger partial charge in [-0.05, 0) is 75.2 Å². The number of rotatable bonds is 31. The van der Waals surface area contributed by atoms with Gasteiger partial charge in [-0.15, -0.1) is 0 Å². The first-order valence-corrected chi connectivity index (χ1v) is 23.1. The van der Waals surface area contributed by atoms with E-state index < -0.39 is 42.0 Å². The van der Waals surface area contributed by atoms with Gasteiger partial charge in [-0.1, -0.05) is 12.8 Å². The van der Waals surface area contributed by atoms with Crippen LogP contribution in [0.4, 0.5) is 4.79 Å².